The van der Waals surface area contributed by atoms with Gasteiger partial charge in [-0.2, -0.15) is 0 Å². The number of hydrogen-bond acceptors (Lipinski definition) is 2. The number of thiophene rings is 1. The number of halogens is 2. The van der Waals surface area contributed by atoms with Crippen molar-refractivity contribution in [2.75, 3.05) is 0 Å². The molecule has 0 spiro atoms. The molecule has 0 amide bonds. The first-order valence-corrected chi connectivity index (χ1v) is 7.32. The summed E-state index contributed by atoms with van der Waals surface area (Å²) in [6, 6.07) is 7.86. The van der Waals surface area contributed by atoms with E-state index in [-0.39, 0.29) is 17.4 Å². The second-order valence-corrected chi connectivity index (χ2v) is 7.00. The van der Waals surface area contributed by atoms with E-state index in [9.17, 15) is 13.9 Å². The highest BCUT2D eigenvalue weighted by molar-refractivity contribution is 7.12. The maximum atomic E-state index is 13.6. The summed E-state index contributed by atoms with van der Waals surface area (Å²) in [4.78, 5) is 1.94. The van der Waals surface area contributed by atoms with Gasteiger partial charge < -0.3 is 5.11 Å². The van der Waals surface area contributed by atoms with Gasteiger partial charge in [-0.15, -0.1) is 11.3 Å². The lowest BCUT2D eigenvalue weighted by molar-refractivity contribution is 0.180. The van der Waals surface area contributed by atoms with Gasteiger partial charge in [0.25, 0.3) is 0 Å². The molecule has 1 aromatic carbocycles. The molecule has 0 saturated carbocycles. The standard InChI is InChI=1S/C16H18F2OS/c1-16(2,3)14-8-7-13(20-14)12(19)9-10-5-4-6-11(17)15(10)18/h4-8,12,19H,9H2,1-3H3. The molecule has 4 heteroatoms. The number of aliphatic hydroxyl groups excluding tert-OH is 1. The molecule has 108 valence electrons. The van der Waals surface area contributed by atoms with Gasteiger partial charge in [0.1, 0.15) is 0 Å². The molecule has 1 N–H and O–H groups in total. The fourth-order valence-corrected chi connectivity index (χ4v) is 3.00. The summed E-state index contributed by atoms with van der Waals surface area (Å²) >= 11 is 1.51. The zero-order valence-corrected chi connectivity index (χ0v) is 12.6. The molecule has 20 heavy (non-hydrogen) atoms. The van der Waals surface area contributed by atoms with E-state index in [1.54, 1.807) is 0 Å². The van der Waals surface area contributed by atoms with Gasteiger partial charge in [-0.05, 0) is 29.2 Å². The van der Waals surface area contributed by atoms with Crippen LogP contribution in [0.3, 0.4) is 0 Å². The Morgan fingerprint density at radius 2 is 1.85 bits per heavy atom. The first-order valence-electron chi connectivity index (χ1n) is 6.50. The summed E-state index contributed by atoms with van der Waals surface area (Å²) in [6.07, 6.45) is -0.736. The molecule has 0 aliphatic heterocycles. The van der Waals surface area contributed by atoms with Crippen LogP contribution in [0, 0.1) is 11.6 Å². The molecular weight excluding hydrogens is 278 g/mol. The van der Waals surface area contributed by atoms with Gasteiger partial charge in [-0.1, -0.05) is 32.9 Å². The molecule has 1 heterocycles. The number of hydrogen-bond donors (Lipinski definition) is 1. The van der Waals surface area contributed by atoms with Crippen molar-refractivity contribution >= 4 is 11.3 Å². The molecule has 0 fully saturated rings. The van der Waals surface area contributed by atoms with Crippen LogP contribution in [-0.2, 0) is 11.8 Å². The van der Waals surface area contributed by atoms with Crippen LogP contribution >= 0.6 is 11.3 Å². The van der Waals surface area contributed by atoms with Crippen LogP contribution in [0.1, 0.15) is 42.2 Å². The van der Waals surface area contributed by atoms with Crippen LogP contribution in [0.25, 0.3) is 0 Å². The number of benzene rings is 1. The lowest BCUT2D eigenvalue weighted by Gasteiger charge is -2.15. The monoisotopic (exact) mass is 296 g/mol. The zero-order chi connectivity index (χ0) is 14.9. The zero-order valence-electron chi connectivity index (χ0n) is 11.8. The van der Waals surface area contributed by atoms with Crippen molar-refractivity contribution in [2.45, 2.75) is 38.7 Å². The van der Waals surface area contributed by atoms with Crippen molar-refractivity contribution < 1.29 is 13.9 Å². The van der Waals surface area contributed by atoms with Gasteiger partial charge in [0.15, 0.2) is 11.6 Å². The van der Waals surface area contributed by atoms with Gasteiger partial charge in [-0.3, -0.25) is 0 Å². The predicted octanol–water partition coefficient (Wildman–Crippen LogP) is 4.60. The Hall–Kier alpha value is -1.26. The van der Waals surface area contributed by atoms with Gasteiger partial charge in [0, 0.05) is 16.2 Å². The molecule has 1 nitrogen and oxygen atoms in total. The Balaban J connectivity index is 2.18. The molecule has 1 unspecified atom stereocenters. The van der Waals surface area contributed by atoms with Gasteiger partial charge >= 0.3 is 0 Å². The van der Waals surface area contributed by atoms with Gasteiger partial charge in [0.2, 0.25) is 0 Å². The smallest absolute Gasteiger partial charge is 0.162 e. The first kappa shape index (κ1) is 15.1. The van der Waals surface area contributed by atoms with Gasteiger partial charge in [-0.25, -0.2) is 8.78 Å². The van der Waals surface area contributed by atoms with Crippen molar-refractivity contribution in [2.24, 2.45) is 0 Å². The molecule has 0 aliphatic carbocycles. The third-order valence-electron chi connectivity index (χ3n) is 3.14. The summed E-state index contributed by atoms with van der Waals surface area (Å²) in [5.74, 6) is -1.75. The van der Waals surface area contributed by atoms with E-state index >= 15 is 0 Å². The van der Waals surface area contributed by atoms with Gasteiger partial charge in [0.05, 0.1) is 6.10 Å². The van der Waals surface area contributed by atoms with E-state index < -0.39 is 17.7 Å². The minimum Gasteiger partial charge on any atom is -0.387 e. The van der Waals surface area contributed by atoms with E-state index in [2.05, 4.69) is 20.8 Å². The molecule has 2 aromatic rings. The van der Waals surface area contributed by atoms with Crippen molar-refractivity contribution in [3.63, 3.8) is 0 Å². The Morgan fingerprint density at radius 1 is 1.15 bits per heavy atom. The van der Waals surface area contributed by atoms with E-state index in [4.69, 9.17) is 0 Å². The average molecular weight is 296 g/mol. The van der Waals surface area contributed by atoms with Crippen LogP contribution in [0.2, 0.25) is 0 Å². The van der Waals surface area contributed by atoms with Crippen molar-refractivity contribution in [3.8, 4) is 0 Å². The van der Waals surface area contributed by atoms with Crippen molar-refractivity contribution in [3.05, 3.63) is 57.3 Å². The summed E-state index contributed by atoms with van der Waals surface area (Å²) in [5, 5.41) is 10.2. The largest absolute Gasteiger partial charge is 0.387 e. The highest BCUT2D eigenvalue weighted by atomic mass is 32.1. The molecule has 0 bridgehead atoms. The molecule has 0 saturated heterocycles. The van der Waals surface area contributed by atoms with Crippen molar-refractivity contribution in [1.29, 1.82) is 0 Å². The Bertz CT molecular complexity index is 599. The number of rotatable bonds is 3. The highest BCUT2D eigenvalue weighted by Crippen LogP contribution is 2.33. The second-order valence-electron chi connectivity index (χ2n) is 5.88. The van der Waals surface area contributed by atoms with Crippen LogP contribution in [0.15, 0.2) is 30.3 Å². The third kappa shape index (κ3) is 3.25. The van der Waals surface area contributed by atoms with Crippen LogP contribution in [0.4, 0.5) is 8.78 Å². The third-order valence-corrected chi connectivity index (χ3v) is 4.75. The lowest BCUT2D eigenvalue weighted by Crippen LogP contribution is -2.08. The molecule has 1 aromatic heterocycles. The summed E-state index contributed by atoms with van der Waals surface area (Å²) < 4.78 is 26.7. The maximum Gasteiger partial charge on any atom is 0.162 e. The summed E-state index contributed by atoms with van der Waals surface area (Å²) in [6.45, 7) is 6.30. The highest BCUT2D eigenvalue weighted by Gasteiger charge is 2.20. The lowest BCUT2D eigenvalue weighted by atomic mass is 9.95. The van der Waals surface area contributed by atoms with E-state index in [1.807, 2.05) is 12.1 Å². The Labute approximate surface area is 121 Å². The summed E-state index contributed by atoms with van der Waals surface area (Å²) in [5.41, 5.74) is 0.218. The fraction of sp³-hybridized carbons (Fsp3) is 0.375. The van der Waals surface area contributed by atoms with E-state index in [0.29, 0.717) is 0 Å². The predicted molar refractivity (Wildman–Crippen MR) is 78.0 cm³/mol. The Morgan fingerprint density at radius 3 is 2.45 bits per heavy atom. The minimum absolute atomic E-state index is 0.0206. The molecule has 0 radical (unpaired) electrons. The molecule has 2 rings (SSSR count). The first-order chi connectivity index (χ1) is 9.29. The van der Waals surface area contributed by atoms with E-state index in [1.165, 1.54) is 23.5 Å². The summed E-state index contributed by atoms with van der Waals surface area (Å²) in [7, 11) is 0. The maximum absolute atomic E-state index is 13.6. The minimum atomic E-state index is -0.878. The Kier molecular flexibility index (Phi) is 4.25. The molecular formula is C16H18F2OS. The molecule has 1 atom stereocenters. The molecule has 0 aliphatic rings. The van der Waals surface area contributed by atoms with Crippen LogP contribution in [0.5, 0.6) is 0 Å². The van der Waals surface area contributed by atoms with Crippen LogP contribution in [-0.4, -0.2) is 5.11 Å². The topological polar surface area (TPSA) is 20.2 Å². The van der Waals surface area contributed by atoms with E-state index in [0.717, 1.165) is 15.8 Å². The quantitative estimate of drug-likeness (QED) is 0.877. The SMILES string of the molecule is CC(C)(C)c1ccc(C(O)Cc2cccc(F)c2F)s1. The van der Waals surface area contributed by atoms with Crippen molar-refractivity contribution in [1.82, 2.24) is 0 Å². The second kappa shape index (κ2) is 5.62. The van der Waals surface area contributed by atoms with Crippen LogP contribution < -0.4 is 0 Å². The number of aliphatic hydroxyl groups is 1. The fourth-order valence-electron chi connectivity index (χ4n) is 1.95. The average Bonchev–Trinajstić information content (AvgIpc) is 2.84. The normalized spacial score (nSPS) is 13.5.